The van der Waals surface area contributed by atoms with Crippen LogP contribution in [0.1, 0.15) is 11.1 Å². The van der Waals surface area contributed by atoms with Crippen LogP contribution in [0, 0.1) is 0 Å². The third-order valence-electron chi connectivity index (χ3n) is 4.34. The molecule has 0 saturated carbocycles. The summed E-state index contributed by atoms with van der Waals surface area (Å²) >= 11 is 13.0. The Labute approximate surface area is 147 Å². The minimum Gasteiger partial charge on any atom is -0.0837 e. The van der Waals surface area contributed by atoms with Gasteiger partial charge in [0, 0.05) is 10.0 Å². The molecule has 0 spiro atoms. The number of benzene rings is 3. The molecule has 0 unspecified atom stereocenters. The molecule has 3 aromatic carbocycles. The first-order valence-electron chi connectivity index (χ1n) is 7.55. The van der Waals surface area contributed by atoms with Gasteiger partial charge in [-0.2, -0.15) is 0 Å². The van der Waals surface area contributed by atoms with E-state index in [1.807, 2.05) is 24.3 Å². The standard InChI is InChI=1S/C20H14Cl2Si/c21-17-8-4-10-19-15(17)12-13-16-18(22)9-5-11-20(16)23(19)14-6-2-1-3-7-14/h1-13,23H. The topological polar surface area (TPSA) is 0 Å². The van der Waals surface area contributed by atoms with Gasteiger partial charge in [-0.3, -0.25) is 0 Å². The Morgan fingerprint density at radius 2 is 1.09 bits per heavy atom. The zero-order chi connectivity index (χ0) is 15.8. The van der Waals surface area contributed by atoms with Gasteiger partial charge in [-0.05, 0) is 33.6 Å². The van der Waals surface area contributed by atoms with Gasteiger partial charge in [-0.1, -0.05) is 95.1 Å². The van der Waals surface area contributed by atoms with Gasteiger partial charge in [-0.15, -0.1) is 0 Å². The first-order chi connectivity index (χ1) is 11.3. The SMILES string of the molecule is Clc1cccc2c1C=Cc1c(Cl)cccc1[SiH]2c1ccccc1. The highest BCUT2D eigenvalue weighted by Crippen LogP contribution is 2.23. The van der Waals surface area contributed by atoms with Crippen molar-refractivity contribution < 1.29 is 0 Å². The quantitative estimate of drug-likeness (QED) is 0.458. The van der Waals surface area contributed by atoms with Crippen LogP contribution >= 0.6 is 23.2 Å². The van der Waals surface area contributed by atoms with Crippen LogP contribution in [-0.2, 0) is 0 Å². The lowest BCUT2D eigenvalue weighted by Crippen LogP contribution is -2.53. The van der Waals surface area contributed by atoms with Crippen molar-refractivity contribution in [3.63, 3.8) is 0 Å². The Balaban J connectivity index is 2.07. The molecule has 3 aromatic rings. The Bertz CT molecular complexity index is 845. The van der Waals surface area contributed by atoms with Gasteiger partial charge in [0.1, 0.15) is 8.80 Å². The summed E-state index contributed by atoms with van der Waals surface area (Å²) in [5.41, 5.74) is 2.25. The highest BCUT2D eigenvalue weighted by atomic mass is 35.5. The summed E-state index contributed by atoms with van der Waals surface area (Å²) in [5.74, 6) is 0. The van der Waals surface area contributed by atoms with E-state index < -0.39 is 8.80 Å². The van der Waals surface area contributed by atoms with E-state index in [-0.39, 0.29) is 0 Å². The molecule has 0 fully saturated rings. The summed E-state index contributed by atoms with van der Waals surface area (Å²) < 4.78 is 0. The fourth-order valence-electron chi connectivity index (χ4n) is 3.30. The fourth-order valence-corrected chi connectivity index (χ4v) is 7.37. The number of halogens is 2. The van der Waals surface area contributed by atoms with Crippen molar-refractivity contribution in [1.82, 2.24) is 0 Å². The van der Waals surface area contributed by atoms with E-state index in [1.54, 1.807) is 0 Å². The third kappa shape index (κ3) is 2.55. The highest BCUT2D eigenvalue weighted by molar-refractivity contribution is 6.96. The van der Waals surface area contributed by atoms with Gasteiger partial charge in [0.2, 0.25) is 0 Å². The molecule has 0 atom stereocenters. The molecule has 0 nitrogen and oxygen atoms in total. The van der Waals surface area contributed by atoms with E-state index in [9.17, 15) is 0 Å². The van der Waals surface area contributed by atoms with Crippen LogP contribution < -0.4 is 15.6 Å². The van der Waals surface area contributed by atoms with Crippen LogP contribution in [0.5, 0.6) is 0 Å². The van der Waals surface area contributed by atoms with Crippen LogP contribution in [0.25, 0.3) is 12.2 Å². The molecular formula is C20H14Cl2Si. The fraction of sp³-hybridized carbons (Fsp3) is 0. The summed E-state index contributed by atoms with van der Waals surface area (Å²) in [6.07, 6.45) is 4.22. The normalized spacial score (nSPS) is 13.3. The predicted molar refractivity (Wildman–Crippen MR) is 104 cm³/mol. The number of fused-ring (bicyclic) bond motifs is 2. The molecule has 0 aliphatic carbocycles. The average molecular weight is 353 g/mol. The molecule has 1 heterocycles. The van der Waals surface area contributed by atoms with E-state index in [2.05, 4.69) is 54.6 Å². The molecule has 0 amide bonds. The van der Waals surface area contributed by atoms with Gasteiger partial charge in [0.25, 0.3) is 0 Å². The minimum atomic E-state index is -1.61. The van der Waals surface area contributed by atoms with Crippen LogP contribution in [-0.4, -0.2) is 8.80 Å². The number of hydrogen-bond donors (Lipinski definition) is 0. The molecule has 0 aromatic heterocycles. The van der Waals surface area contributed by atoms with Crippen LogP contribution in [0.3, 0.4) is 0 Å². The van der Waals surface area contributed by atoms with E-state index in [1.165, 1.54) is 15.6 Å². The van der Waals surface area contributed by atoms with Gasteiger partial charge in [0.05, 0.1) is 0 Å². The molecule has 1 aliphatic rings. The van der Waals surface area contributed by atoms with Gasteiger partial charge in [0.15, 0.2) is 0 Å². The zero-order valence-electron chi connectivity index (χ0n) is 12.3. The van der Waals surface area contributed by atoms with Crippen molar-refractivity contribution >= 4 is 59.7 Å². The summed E-state index contributed by atoms with van der Waals surface area (Å²) in [7, 11) is -1.61. The molecule has 0 saturated heterocycles. The monoisotopic (exact) mass is 352 g/mol. The van der Waals surface area contributed by atoms with Gasteiger partial charge < -0.3 is 0 Å². The van der Waals surface area contributed by atoms with E-state index in [0.29, 0.717) is 0 Å². The molecule has 0 N–H and O–H groups in total. The summed E-state index contributed by atoms with van der Waals surface area (Å²) in [6.45, 7) is 0. The first kappa shape index (κ1) is 14.8. The van der Waals surface area contributed by atoms with Crippen LogP contribution in [0.15, 0.2) is 66.7 Å². The molecule has 3 heteroatoms. The molecule has 0 radical (unpaired) electrons. The van der Waals surface area contributed by atoms with E-state index in [0.717, 1.165) is 21.2 Å². The molecule has 23 heavy (non-hydrogen) atoms. The molecule has 1 aliphatic heterocycles. The largest absolute Gasteiger partial charge is 0.134 e. The highest BCUT2D eigenvalue weighted by Gasteiger charge is 2.26. The molecular weight excluding hydrogens is 339 g/mol. The lowest BCUT2D eigenvalue weighted by molar-refractivity contribution is 1.69. The van der Waals surface area contributed by atoms with E-state index in [4.69, 9.17) is 23.2 Å². The maximum absolute atomic E-state index is 6.49. The number of hydrogen-bond acceptors (Lipinski definition) is 0. The average Bonchev–Trinajstić information content (AvgIpc) is 2.74. The lowest BCUT2D eigenvalue weighted by Gasteiger charge is -2.20. The Kier molecular flexibility index (Phi) is 3.86. The lowest BCUT2D eigenvalue weighted by atomic mass is 10.1. The summed E-state index contributed by atoms with van der Waals surface area (Å²) in [5, 5.41) is 5.68. The summed E-state index contributed by atoms with van der Waals surface area (Å²) in [6, 6.07) is 23.2. The van der Waals surface area contributed by atoms with Crippen molar-refractivity contribution in [2.75, 3.05) is 0 Å². The second-order valence-electron chi connectivity index (χ2n) is 5.66. The van der Waals surface area contributed by atoms with Crippen LogP contribution in [0.2, 0.25) is 10.0 Å². The maximum atomic E-state index is 6.49. The second-order valence-corrected chi connectivity index (χ2v) is 9.25. The molecule has 4 rings (SSSR count). The van der Waals surface area contributed by atoms with Crippen molar-refractivity contribution in [2.24, 2.45) is 0 Å². The molecule has 112 valence electrons. The maximum Gasteiger partial charge on any atom is 0.134 e. The van der Waals surface area contributed by atoms with E-state index >= 15 is 0 Å². The van der Waals surface area contributed by atoms with Crippen molar-refractivity contribution in [1.29, 1.82) is 0 Å². The number of rotatable bonds is 1. The Morgan fingerprint density at radius 3 is 1.61 bits per heavy atom. The van der Waals surface area contributed by atoms with Gasteiger partial charge >= 0.3 is 0 Å². The summed E-state index contributed by atoms with van der Waals surface area (Å²) in [4.78, 5) is 0. The van der Waals surface area contributed by atoms with Crippen molar-refractivity contribution in [2.45, 2.75) is 0 Å². The van der Waals surface area contributed by atoms with Crippen molar-refractivity contribution in [3.05, 3.63) is 87.9 Å². The minimum absolute atomic E-state index is 0.802. The van der Waals surface area contributed by atoms with Crippen LogP contribution in [0.4, 0.5) is 0 Å². The third-order valence-corrected chi connectivity index (χ3v) is 8.31. The molecule has 0 bridgehead atoms. The van der Waals surface area contributed by atoms with Crippen molar-refractivity contribution in [3.8, 4) is 0 Å². The smallest absolute Gasteiger partial charge is 0.0837 e. The Hall–Kier alpha value is -1.80. The Morgan fingerprint density at radius 1 is 0.565 bits per heavy atom. The first-order valence-corrected chi connectivity index (χ1v) is 10.0. The second kappa shape index (κ2) is 6.01. The zero-order valence-corrected chi connectivity index (χ0v) is 15.0. The predicted octanol–water partition coefficient (Wildman–Crippen LogP) is 3.73. The van der Waals surface area contributed by atoms with Gasteiger partial charge in [-0.25, -0.2) is 0 Å².